The number of carbonyl (C=O) groups is 1. The molecule has 1 rings (SSSR count). The van der Waals surface area contributed by atoms with Crippen molar-refractivity contribution in [3.63, 3.8) is 0 Å². The zero-order chi connectivity index (χ0) is 13.7. The smallest absolute Gasteiger partial charge is 0.233 e. The summed E-state index contributed by atoms with van der Waals surface area (Å²) in [5.74, 6) is -0.611. The van der Waals surface area contributed by atoms with E-state index in [9.17, 15) is 4.79 Å². The van der Waals surface area contributed by atoms with E-state index in [2.05, 4.69) is 5.16 Å². The van der Waals surface area contributed by atoms with E-state index in [1.54, 1.807) is 4.90 Å². The lowest BCUT2D eigenvalue weighted by Gasteiger charge is -2.37. The van der Waals surface area contributed by atoms with Crippen LogP contribution in [0.25, 0.3) is 0 Å². The topological polar surface area (TPSA) is 88.2 Å². The van der Waals surface area contributed by atoms with Crippen molar-refractivity contribution >= 4 is 11.7 Å². The van der Waals surface area contributed by atoms with Crippen molar-refractivity contribution in [1.29, 1.82) is 0 Å². The van der Waals surface area contributed by atoms with Crippen molar-refractivity contribution in [3.05, 3.63) is 0 Å². The van der Waals surface area contributed by atoms with Crippen LogP contribution in [0.1, 0.15) is 33.6 Å². The third-order valence-corrected chi connectivity index (χ3v) is 3.08. The molecule has 1 heterocycles. The number of oxime groups is 1. The average molecular weight is 257 g/mol. The number of morpholine rings is 1. The van der Waals surface area contributed by atoms with Gasteiger partial charge in [0.1, 0.15) is 0 Å². The van der Waals surface area contributed by atoms with E-state index in [0.717, 1.165) is 6.42 Å². The van der Waals surface area contributed by atoms with Gasteiger partial charge in [-0.05, 0) is 20.3 Å². The molecule has 104 valence electrons. The highest BCUT2D eigenvalue weighted by Crippen LogP contribution is 2.17. The van der Waals surface area contributed by atoms with E-state index in [0.29, 0.717) is 19.5 Å². The highest BCUT2D eigenvalue weighted by atomic mass is 16.5. The minimum atomic E-state index is -0.530. The van der Waals surface area contributed by atoms with E-state index in [1.165, 1.54) is 0 Å². The molecule has 18 heavy (non-hydrogen) atoms. The van der Waals surface area contributed by atoms with E-state index in [4.69, 9.17) is 15.7 Å². The van der Waals surface area contributed by atoms with Gasteiger partial charge in [-0.25, -0.2) is 0 Å². The molecular weight excluding hydrogens is 234 g/mol. The monoisotopic (exact) mass is 257 g/mol. The van der Waals surface area contributed by atoms with Crippen molar-refractivity contribution in [2.45, 2.75) is 45.8 Å². The molecule has 0 aromatic rings. The number of hydrogen-bond donors (Lipinski definition) is 2. The van der Waals surface area contributed by atoms with Gasteiger partial charge in [0.05, 0.1) is 18.1 Å². The third kappa shape index (κ3) is 3.60. The lowest BCUT2D eigenvalue weighted by Crippen LogP contribution is -2.51. The van der Waals surface area contributed by atoms with Gasteiger partial charge in [-0.2, -0.15) is 0 Å². The van der Waals surface area contributed by atoms with Gasteiger partial charge in [0.25, 0.3) is 0 Å². The second-order valence-electron chi connectivity index (χ2n) is 4.87. The van der Waals surface area contributed by atoms with Crippen molar-refractivity contribution in [2.24, 2.45) is 16.8 Å². The van der Waals surface area contributed by atoms with E-state index in [1.807, 2.05) is 20.8 Å². The van der Waals surface area contributed by atoms with Gasteiger partial charge < -0.3 is 20.6 Å². The second-order valence-corrected chi connectivity index (χ2v) is 4.87. The molecule has 0 spiro atoms. The maximum atomic E-state index is 12.4. The Morgan fingerprint density at radius 1 is 1.50 bits per heavy atom. The molecule has 3 N–H and O–H groups in total. The van der Waals surface area contributed by atoms with Crippen molar-refractivity contribution in [2.75, 3.05) is 13.1 Å². The van der Waals surface area contributed by atoms with Gasteiger partial charge in [-0.1, -0.05) is 18.5 Å². The second kappa shape index (κ2) is 6.58. The molecule has 3 unspecified atom stereocenters. The van der Waals surface area contributed by atoms with Gasteiger partial charge in [-0.3, -0.25) is 4.79 Å². The molecule has 0 aromatic heterocycles. The Morgan fingerprint density at radius 2 is 2.06 bits per heavy atom. The van der Waals surface area contributed by atoms with Crippen LogP contribution in [-0.4, -0.2) is 47.1 Å². The largest absolute Gasteiger partial charge is 0.409 e. The molecule has 1 fully saturated rings. The number of hydrogen-bond acceptors (Lipinski definition) is 4. The van der Waals surface area contributed by atoms with Gasteiger partial charge in [0, 0.05) is 13.1 Å². The van der Waals surface area contributed by atoms with Crippen LogP contribution < -0.4 is 5.73 Å². The molecular formula is C12H23N3O3. The fourth-order valence-electron chi connectivity index (χ4n) is 2.33. The molecule has 1 aliphatic rings. The maximum absolute atomic E-state index is 12.4. The quantitative estimate of drug-likeness (QED) is 0.337. The number of amidine groups is 1. The standard InChI is InChI=1S/C12H23N3O3/c1-4-5-10(11(13)14-17)12(16)15-6-8(2)18-9(3)7-15/h8-10,17H,4-7H2,1-3H3,(H2,13,14). The van der Waals surface area contributed by atoms with Crippen molar-refractivity contribution < 1.29 is 14.7 Å². The summed E-state index contributed by atoms with van der Waals surface area (Å²) in [6.45, 7) is 6.96. The fraction of sp³-hybridized carbons (Fsp3) is 0.833. The molecule has 0 aliphatic carbocycles. The first-order chi connectivity index (χ1) is 8.49. The molecule has 0 saturated carbocycles. The molecule has 6 heteroatoms. The number of rotatable bonds is 4. The minimum absolute atomic E-state index is 0.00588. The third-order valence-electron chi connectivity index (χ3n) is 3.08. The van der Waals surface area contributed by atoms with Crippen molar-refractivity contribution in [3.8, 4) is 0 Å². The number of nitrogens with two attached hydrogens (primary N) is 1. The Balaban J connectivity index is 2.76. The first-order valence-electron chi connectivity index (χ1n) is 6.41. The van der Waals surface area contributed by atoms with Crippen molar-refractivity contribution in [1.82, 2.24) is 4.90 Å². The molecule has 6 nitrogen and oxygen atoms in total. The highest BCUT2D eigenvalue weighted by Gasteiger charge is 2.32. The first-order valence-corrected chi connectivity index (χ1v) is 6.41. The Morgan fingerprint density at radius 3 is 2.50 bits per heavy atom. The van der Waals surface area contributed by atoms with Gasteiger partial charge in [-0.15, -0.1) is 0 Å². The average Bonchev–Trinajstić information content (AvgIpc) is 2.33. The molecule has 3 atom stereocenters. The predicted octanol–water partition coefficient (Wildman–Crippen LogP) is 0.785. The van der Waals surface area contributed by atoms with Gasteiger partial charge in [0.2, 0.25) is 5.91 Å². The van der Waals surface area contributed by atoms with Crippen LogP contribution in [0, 0.1) is 5.92 Å². The SMILES string of the molecule is CCCC(C(=O)N1CC(C)OC(C)C1)/C(N)=N/O. The highest BCUT2D eigenvalue weighted by molar-refractivity contribution is 6.02. The summed E-state index contributed by atoms with van der Waals surface area (Å²) in [6.07, 6.45) is 1.44. The number of ether oxygens (including phenoxy) is 1. The summed E-state index contributed by atoms with van der Waals surface area (Å²) in [5.41, 5.74) is 5.60. The molecule has 0 radical (unpaired) electrons. The zero-order valence-corrected chi connectivity index (χ0v) is 11.3. The lowest BCUT2D eigenvalue weighted by molar-refractivity contribution is -0.145. The Kier molecular flexibility index (Phi) is 5.40. The first kappa shape index (κ1) is 14.8. The molecule has 1 aliphatic heterocycles. The normalized spacial score (nSPS) is 27.1. The Labute approximate surface area is 108 Å². The molecule has 1 amide bonds. The summed E-state index contributed by atoms with van der Waals surface area (Å²) in [4.78, 5) is 14.1. The molecule has 0 aromatic carbocycles. The van der Waals surface area contributed by atoms with Crippen LogP contribution in [0.5, 0.6) is 0 Å². The van der Waals surface area contributed by atoms with Crippen LogP contribution in [0.3, 0.4) is 0 Å². The lowest BCUT2D eigenvalue weighted by atomic mass is 10.00. The zero-order valence-electron chi connectivity index (χ0n) is 11.3. The van der Waals surface area contributed by atoms with Crippen LogP contribution in [-0.2, 0) is 9.53 Å². The number of nitrogens with zero attached hydrogens (tertiary/aromatic N) is 2. The van der Waals surface area contributed by atoms with E-state index in [-0.39, 0.29) is 24.0 Å². The fourth-order valence-corrected chi connectivity index (χ4v) is 2.33. The van der Waals surface area contributed by atoms with Gasteiger partial charge in [0.15, 0.2) is 5.84 Å². The van der Waals surface area contributed by atoms with Crippen LogP contribution in [0.2, 0.25) is 0 Å². The Hall–Kier alpha value is -1.30. The molecule has 1 saturated heterocycles. The van der Waals surface area contributed by atoms with E-state index < -0.39 is 5.92 Å². The Bertz CT molecular complexity index is 310. The van der Waals surface area contributed by atoms with Crippen LogP contribution in [0.4, 0.5) is 0 Å². The maximum Gasteiger partial charge on any atom is 0.233 e. The van der Waals surface area contributed by atoms with E-state index >= 15 is 0 Å². The number of amides is 1. The summed E-state index contributed by atoms with van der Waals surface area (Å²) in [6, 6.07) is 0. The minimum Gasteiger partial charge on any atom is -0.409 e. The van der Waals surface area contributed by atoms with Gasteiger partial charge >= 0.3 is 0 Å². The molecule has 0 bridgehead atoms. The summed E-state index contributed by atoms with van der Waals surface area (Å²) >= 11 is 0. The number of carbonyl (C=O) groups excluding carboxylic acids is 1. The van der Waals surface area contributed by atoms with Crippen LogP contribution in [0.15, 0.2) is 5.16 Å². The predicted molar refractivity (Wildman–Crippen MR) is 68.4 cm³/mol. The van der Waals surface area contributed by atoms with Crippen LogP contribution >= 0.6 is 0 Å². The summed E-state index contributed by atoms with van der Waals surface area (Å²) in [5, 5.41) is 11.7. The summed E-state index contributed by atoms with van der Waals surface area (Å²) < 4.78 is 5.59. The summed E-state index contributed by atoms with van der Waals surface area (Å²) in [7, 11) is 0.